The number of hydrogen-bond acceptors (Lipinski definition) is 21. The molecular weight excluding hydrogens is 1240 g/mol. The Bertz CT molecular complexity index is 3730. The van der Waals surface area contributed by atoms with Gasteiger partial charge in [-0.3, -0.25) is 33.6 Å². The van der Waals surface area contributed by atoms with Crippen molar-refractivity contribution in [3.63, 3.8) is 0 Å². The number of carbonyl (C=O) groups is 8. The van der Waals surface area contributed by atoms with Gasteiger partial charge in [-0.2, -0.15) is 0 Å². The highest BCUT2D eigenvalue weighted by atomic mass is 35.5. The van der Waals surface area contributed by atoms with Crippen LogP contribution in [0.25, 0.3) is 11.1 Å². The number of aliphatic carboxylic acids is 1. The predicted molar refractivity (Wildman–Crippen MR) is 318 cm³/mol. The summed E-state index contributed by atoms with van der Waals surface area (Å²) < 4.78 is 19.6. The fraction of sp³-hybridized carbons (Fsp3) is 0.367. The molecule has 5 heterocycles. The first kappa shape index (κ1) is 66.4. The number of aromatic hydroxyl groups is 3. The van der Waals surface area contributed by atoms with Crippen molar-refractivity contribution in [1.29, 1.82) is 0 Å². The quantitative estimate of drug-likeness (QED) is 0.0856. The molecule has 0 radical (unpaired) electrons. The largest absolute Gasteiger partial charge is 0.508 e. The highest BCUT2D eigenvalue weighted by Crippen LogP contribution is 2.49. The van der Waals surface area contributed by atoms with Gasteiger partial charge in [0.2, 0.25) is 47.1 Å². The molecule has 31 heteroatoms. The second-order valence-electron chi connectivity index (χ2n) is 22.8. The monoisotopic (exact) mass is 1300 g/mol. The molecule has 6 aliphatic rings. The maximum atomic E-state index is 15.8. The zero-order chi connectivity index (χ0) is 66.2. The van der Waals surface area contributed by atoms with E-state index in [0.29, 0.717) is 0 Å². The summed E-state index contributed by atoms with van der Waals surface area (Å²) in [5.74, 6) is -16.0. The molecule has 5 aromatic rings. The van der Waals surface area contributed by atoms with Gasteiger partial charge in [-0.15, -0.1) is 0 Å². The van der Waals surface area contributed by atoms with Crippen molar-refractivity contribution in [2.24, 2.45) is 23.3 Å². The van der Waals surface area contributed by atoms with Gasteiger partial charge in [-0.1, -0.05) is 55.2 Å². The first-order valence-electron chi connectivity index (χ1n) is 28.3. The molecule has 29 nitrogen and oxygen atoms in total. The summed E-state index contributed by atoms with van der Waals surface area (Å²) in [5.41, 5.74) is 9.66. The van der Waals surface area contributed by atoms with Crippen LogP contribution in [-0.2, 0) is 38.4 Å². The summed E-state index contributed by atoms with van der Waals surface area (Å²) >= 11 is 13.9. The number of ether oxygens (including phenoxy) is 3. The van der Waals surface area contributed by atoms with Crippen LogP contribution in [0.1, 0.15) is 91.3 Å². The molecule has 5 aromatic carbocycles. The lowest BCUT2D eigenvalue weighted by atomic mass is 9.80. The van der Waals surface area contributed by atoms with Crippen LogP contribution < -0.4 is 62.9 Å². The number of nitrogens with one attached hydrogen (secondary N) is 7. The summed E-state index contributed by atoms with van der Waals surface area (Å²) in [6, 6.07) is -1.26. The number of rotatable bonds is 11. The molecular formula is C60H65Cl2N9O20. The molecule has 14 atom stereocenters. The lowest BCUT2D eigenvalue weighted by Crippen LogP contribution is -2.60. The number of carboxylic acids is 1. The topological polar surface area (TPSA) is 483 Å². The van der Waals surface area contributed by atoms with Crippen LogP contribution in [0.3, 0.4) is 0 Å². The van der Waals surface area contributed by atoms with Crippen molar-refractivity contribution < 1.29 is 98.5 Å². The number of phenols is 3. The number of phenolic OH excluding ortho intramolecular Hbond substituents is 3. The lowest BCUT2D eigenvalue weighted by molar-refractivity contribution is -0.143. The second kappa shape index (κ2) is 27.2. The van der Waals surface area contributed by atoms with Gasteiger partial charge >= 0.3 is 5.97 Å². The highest BCUT2D eigenvalue weighted by Gasteiger charge is 2.45. The standard InChI is InChI=1S/C60H65Cl2N9O20/c1-21(2)10-32(65-3)54(81)70-47-49(77)23-5-8-36(30(61)12-23)89-39-14-25-15-40(53(39)91-38-16-26(20-72)51(79)52(80)43(38)64)90-37-9-6-24(13-31(37)62)50(78)48-59(86)69-46(60(87)88)29-17-27(73)18-35(75)42(29)28-11-22(4-7-34(28)74)44(56(83)71-48)68-57(84)45(25)67-55(82)33(19-41(63)76)66-58(47)85/h4-9,11-15,17-18,21,26,32-33,38,43-52,65,72-75,77-80H,10,16,19-20,64H2,1-3H3,(H2,63,76)(H,66,85)(H,67,82)(H,68,84)(H,69,86)(H,70,81)(H,71,83)(H,87,88)/t26-,32-,33+,38-,43+,44-,45-,46+,47-,48+,49-,50-,51-,52-/m1/s1. The third kappa shape index (κ3) is 14.0. The number of halogens is 2. The smallest absolute Gasteiger partial charge is 0.330 e. The number of aliphatic hydroxyl groups is 5. The van der Waals surface area contributed by atoms with E-state index >= 15 is 14.4 Å². The van der Waals surface area contributed by atoms with E-state index in [-0.39, 0.29) is 57.0 Å². The molecule has 0 saturated heterocycles. The van der Waals surface area contributed by atoms with Gasteiger partial charge in [0.1, 0.15) is 77.3 Å². The maximum Gasteiger partial charge on any atom is 0.330 e. The van der Waals surface area contributed by atoms with E-state index in [2.05, 4.69) is 37.2 Å². The second-order valence-corrected chi connectivity index (χ2v) is 23.6. The fourth-order valence-corrected chi connectivity index (χ4v) is 11.7. The van der Waals surface area contributed by atoms with Crippen molar-refractivity contribution in [1.82, 2.24) is 37.2 Å². The maximum absolute atomic E-state index is 15.8. The molecule has 11 rings (SSSR count). The number of primary amides is 1. The zero-order valence-electron chi connectivity index (χ0n) is 48.4. The minimum absolute atomic E-state index is 0.0694. The van der Waals surface area contributed by atoms with Gasteiger partial charge < -0.3 is 109 Å². The van der Waals surface area contributed by atoms with Gasteiger partial charge in [0, 0.05) is 35.3 Å². The minimum atomic E-state index is -2.25. The average molecular weight is 1300 g/mol. The number of benzene rings is 5. The number of carboxylic acid groups (broad SMARTS) is 1. The van der Waals surface area contributed by atoms with Crippen LogP contribution in [0.2, 0.25) is 10.0 Å². The van der Waals surface area contributed by atoms with Crippen LogP contribution in [0.15, 0.2) is 78.9 Å². The Balaban J connectivity index is 1.32. The minimum Gasteiger partial charge on any atom is -0.508 e. The number of likely N-dealkylation sites (N-methyl/N-ethyl adjacent to an activating group) is 1. The van der Waals surface area contributed by atoms with Crippen molar-refractivity contribution >= 4 is 70.5 Å². The molecule has 20 N–H and O–H groups in total. The first-order chi connectivity index (χ1) is 43.1. The molecule has 11 bridgehead atoms. The van der Waals surface area contributed by atoms with Gasteiger partial charge in [0.15, 0.2) is 17.5 Å². The molecule has 0 spiro atoms. The van der Waals surface area contributed by atoms with E-state index in [1.807, 2.05) is 13.8 Å². The van der Waals surface area contributed by atoms with Crippen molar-refractivity contribution in [3.05, 3.63) is 117 Å². The number of nitrogens with two attached hydrogens (primary N) is 2. The molecule has 1 saturated carbocycles. The zero-order valence-corrected chi connectivity index (χ0v) is 49.9. The third-order valence-electron chi connectivity index (χ3n) is 16.0. The highest BCUT2D eigenvalue weighted by molar-refractivity contribution is 6.32. The Hall–Kier alpha value is -9.04. The van der Waals surface area contributed by atoms with Gasteiger partial charge in [0.05, 0.1) is 40.8 Å². The molecule has 0 aromatic heterocycles. The van der Waals surface area contributed by atoms with Crippen LogP contribution in [-0.4, -0.2) is 155 Å². The molecule has 7 amide bonds. The number of hydrogen-bond donors (Lipinski definition) is 18. The SMILES string of the molecule is CN[C@H](CC(C)C)C(=O)N[C@H]1C(=O)N[C@@H](CC(N)=O)C(=O)N[C@H]2C(=O)N[C@H]3C(=O)N[C@H](C(=O)N[C@H](C(=O)O)c4cc(O)cc(O)c4-c4cc3ccc4O)[C@H](O)c3ccc(c(Cl)c3)Oc3cc2cc(c3O[C@@H]2C[C@H](CO)[C@@H](O)[C@H](O)[C@H]2N)Oc2ccc(cc2Cl)[C@H]1O. The fourth-order valence-electron chi connectivity index (χ4n) is 11.2. The predicted octanol–water partition coefficient (Wildman–Crippen LogP) is 0.499. The summed E-state index contributed by atoms with van der Waals surface area (Å²) in [6.07, 6.45) is -9.83. The molecule has 1 fully saturated rings. The van der Waals surface area contributed by atoms with Gasteiger partial charge in [-0.05, 0) is 103 Å². The first-order valence-corrected chi connectivity index (χ1v) is 29.1. The molecule has 5 aliphatic heterocycles. The van der Waals surface area contributed by atoms with E-state index in [1.165, 1.54) is 31.3 Å². The molecule has 0 unspecified atom stereocenters. The summed E-state index contributed by atoms with van der Waals surface area (Å²) in [7, 11) is 1.49. The Morgan fingerprint density at radius 3 is 1.87 bits per heavy atom. The Morgan fingerprint density at radius 1 is 0.692 bits per heavy atom. The number of aliphatic hydroxyl groups excluding tert-OH is 5. The van der Waals surface area contributed by atoms with Crippen LogP contribution in [0.5, 0.6) is 46.0 Å². The van der Waals surface area contributed by atoms with E-state index < -0.39 is 202 Å². The number of amides is 7. The van der Waals surface area contributed by atoms with Gasteiger partial charge in [0.25, 0.3) is 0 Å². The van der Waals surface area contributed by atoms with E-state index in [1.54, 1.807) is 0 Å². The normalized spacial score (nSPS) is 26.2. The Labute approximate surface area is 527 Å². The summed E-state index contributed by atoms with van der Waals surface area (Å²) in [4.78, 5) is 116. The van der Waals surface area contributed by atoms with Crippen LogP contribution in [0, 0.1) is 11.8 Å². The molecule has 484 valence electrons. The van der Waals surface area contributed by atoms with Crippen LogP contribution >= 0.6 is 23.2 Å². The lowest BCUT2D eigenvalue weighted by Gasteiger charge is -2.40. The third-order valence-corrected chi connectivity index (χ3v) is 16.6. The van der Waals surface area contributed by atoms with Crippen LogP contribution in [0.4, 0.5) is 0 Å². The number of carbonyl (C=O) groups excluding carboxylic acids is 7. The average Bonchev–Trinajstić information content (AvgIpc) is 0.790. The Kier molecular flexibility index (Phi) is 19.8. The summed E-state index contributed by atoms with van der Waals surface area (Å²) in [5, 5.41) is 118. The van der Waals surface area contributed by atoms with Crippen molar-refractivity contribution in [2.45, 2.75) is 112 Å². The molecule has 91 heavy (non-hydrogen) atoms. The number of fused-ring (bicyclic) bond motifs is 15. The van der Waals surface area contributed by atoms with E-state index in [0.717, 1.165) is 54.6 Å². The Morgan fingerprint density at radius 2 is 1.29 bits per heavy atom. The summed E-state index contributed by atoms with van der Waals surface area (Å²) in [6.45, 7) is 2.99. The van der Waals surface area contributed by atoms with Crippen molar-refractivity contribution in [2.75, 3.05) is 13.7 Å². The van der Waals surface area contributed by atoms with Gasteiger partial charge in [-0.25, -0.2) is 4.79 Å². The van der Waals surface area contributed by atoms with E-state index in [9.17, 15) is 69.9 Å². The molecule has 1 aliphatic carbocycles. The van der Waals surface area contributed by atoms with E-state index in [4.69, 9.17) is 48.9 Å². The van der Waals surface area contributed by atoms with Crippen molar-refractivity contribution in [3.8, 4) is 57.1 Å².